The first-order valence-corrected chi connectivity index (χ1v) is 11.9. The molecule has 0 unspecified atom stereocenters. The normalized spacial score (nSPS) is 17.7. The summed E-state index contributed by atoms with van der Waals surface area (Å²) in [6.07, 6.45) is 6.70. The number of fused-ring (bicyclic) bond motifs is 3. The summed E-state index contributed by atoms with van der Waals surface area (Å²) in [6.45, 7) is 3.77. The highest BCUT2D eigenvalue weighted by atomic mass is 19.1. The maximum Gasteiger partial charge on any atom is 0.204 e. The van der Waals surface area contributed by atoms with E-state index in [2.05, 4.69) is 50.4 Å². The molecule has 7 nitrogen and oxygen atoms in total. The van der Waals surface area contributed by atoms with Crippen molar-refractivity contribution < 1.29 is 9.13 Å². The van der Waals surface area contributed by atoms with Crippen LogP contribution in [0.1, 0.15) is 23.7 Å². The van der Waals surface area contributed by atoms with Crippen LogP contribution in [0.25, 0.3) is 22.2 Å². The number of aromatic amines is 2. The van der Waals surface area contributed by atoms with E-state index in [1.807, 2.05) is 31.0 Å². The predicted octanol–water partition coefficient (Wildman–Crippen LogP) is 4.77. The third-order valence-electron chi connectivity index (χ3n) is 6.93. The number of halogens is 1. The molecule has 6 rings (SSSR count). The van der Waals surface area contributed by atoms with E-state index in [0.717, 1.165) is 46.9 Å². The predicted molar refractivity (Wildman–Crippen MR) is 134 cm³/mol. The maximum absolute atomic E-state index is 13.5. The number of anilines is 1. The Hall–Kier alpha value is -3.91. The Balaban J connectivity index is 1.55. The minimum Gasteiger partial charge on any atom is -0.378 e. The molecule has 0 aliphatic carbocycles. The summed E-state index contributed by atoms with van der Waals surface area (Å²) in [4.78, 5) is 14.3. The number of ether oxygens (including phenoxy) is 1. The molecule has 0 spiro atoms. The number of rotatable bonds is 6. The molecule has 0 saturated heterocycles. The number of benzene rings is 2. The smallest absolute Gasteiger partial charge is 0.204 e. The van der Waals surface area contributed by atoms with E-state index in [1.165, 1.54) is 23.1 Å². The molecule has 0 saturated carbocycles. The van der Waals surface area contributed by atoms with Gasteiger partial charge in [0.1, 0.15) is 11.4 Å². The van der Waals surface area contributed by atoms with Crippen molar-refractivity contribution in [1.29, 1.82) is 0 Å². The number of hydrogen-bond acceptors (Lipinski definition) is 4. The number of aromatic nitrogens is 5. The second-order valence-corrected chi connectivity index (χ2v) is 8.94. The van der Waals surface area contributed by atoms with Gasteiger partial charge in [0.15, 0.2) is 0 Å². The zero-order chi connectivity index (χ0) is 24.0. The van der Waals surface area contributed by atoms with Gasteiger partial charge >= 0.3 is 0 Å². The topological polar surface area (TPSA) is 74.8 Å². The highest BCUT2D eigenvalue weighted by molar-refractivity contribution is 5.86. The Morgan fingerprint density at radius 2 is 1.97 bits per heavy atom. The van der Waals surface area contributed by atoms with Gasteiger partial charge in [-0.05, 0) is 49.2 Å². The molecule has 4 heterocycles. The molecular weight excluding hydrogens is 443 g/mol. The molecular formula is C27H27FN6O. The number of nitrogens with one attached hydrogen (secondary N) is 2. The van der Waals surface area contributed by atoms with Crippen molar-refractivity contribution >= 4 is 16.9 Å². The minimum absolute atomic E-state index is 0.265. The van der Waals surface area contributed by atoms with E-state index in [1.54, 1.807) is 12.1 Å². The third kappa shape index (κ3) is 3.44. The van der Waals surface area contributed by atoms with Crippen molar-refractivity contribution in [2.24, 2.45) is 7.05 Å². The lowest BCUT2D eigenvalue weighted by Crippen LogP contribution is -2.55. The quantitative estimate of drug-likeness (QED) is 0.375. The first kappa shape index (κ1) is 21.6. The Bertz CT molecular complexity index is 1480. The van der Waals surface area contributed by atoms with E-state index < -0.39 is 5.54 Å². The van der Waals surface area contributed by atoms with E-state index in [-0.39, 0.29) is 5.82 Å². The molecule has 0 fully saturated rings. The summed E-state index contributed by atoms with van der Waals surface area (Å²) in [5.41, 5.74) is 5.50. The molecule has 5 aromatic rings. The van der Waals surface area contributed by atoms with Gasteiger partial charge < -0.3 is 19.6 Å². The van der Waals surface area contributed by atoms with Crippen LogP contribution >= 0.6 is 0 Å². The average Bonchev–Trinajstić information content (AvgIpc) is 3.61. The molecule has 8 heteroatoms. The Kier molecular flexibility index (Phi) is 5.18. The van der Waals surface area contributed by atoms with Crippen LogP contribution < -0.4 is 4.90 Å². The molecule has 1 atom stereocenters. The van der Waals surface area contributed by atoms with Crippen LogP contribution in [-0.4, -0.2) is 44.5 Å². The zero-order valence-corrected chi connectivity index (χ0v) is 19.8. The van der Waals surface area contributed by atoms with Gasteiger partial charge in [-0.25, -0.2) is 9.37 Å². The van der Waals surface area contributed by atoms with Gasteiger partial charge in [-0.3, -0.25) is 4.68 Å². The largest absolute Gasteiger partial charge is 0.378 e. The van der Waals surface area contributed by atoms with Crippen molar-refractivity contribution in [3.05, 3.63) is 89.8 Å². The average molecular weight is 471 g/mol. The fraction of sp³-hybridized carbons (Fsp3) is 0.259. The van der Waals surface area contributed by atoms with E-state index >= 15 is 0 Å². The van der Waals surface area contributed by atoms with E-state index in [4.69, 9.17) is 9.72 Å². The van der Waals surface area contributed by atoms with Crippen LogP contribution in [0.2, 0.25) is 0 Å². The lowest BCUT2D eigenvalue weighted by atomic mass is 9.81. The van der Waals surface area contributed by atoms with Gasteiger partial charge in [-0.1, -0.05) is 18.2 Å². The Morgan fingerprint density at radius 3 is 2.74 bits per heavy atom. The van der Waals surface area contributed by atoms with Gasteiger partial charge in [0.05, 0.1) is 24.2 Å². The first-order chi connectivity index (χ1) is 17.1. The molecule has 178 valence electrons. The molecule has 2 aromatic carbocycles. The van der Waals surface area contributed by atoms with Crippen molar-refractivity contribution in [3.63, 3.8) is 0 Å². The lowest BCUT2D eigenvalue weighted by Gasteiger charge is -2.46. The SMILES string of the molecule is CCOC[C@@]1(c2cnn(C)c2)c2[nH]c3ccccc3c2CCN1c1nc(-c2ccc(F)cc2)c[nH]1. The Morgan fingerprint density at radius 1 is 1.14 bits per heavy atom. The van der Waals surface area contributed by atoms with Gasteiger partial charge in [-0.15, -0.1) is 0 Å². The van der Waals surface area contributed by atoms with Gasteiger partial charge in [0.25, 0.3) is 0 Å². The fourth-order valence-corrected chi connectivity index (χ4v) is 5.29. The number of para-hydroxylation sites is 1. The van der Waals surface area contributed by atoms with Crippen LogP contribution in [0.5, 0.6) is 0 Å². The summed E-state index contributed by atoms with van der Waals surface area (Å²) in [5.74, 6) is 0.469. The molecule has 1 aliphatic heterocycles. The van der Waals surface area contributed by atoms with Crippen LogP contribution in [0.15, 0.2) is 67.1 Å². The van der Waals surface area contributed by atoms with Gasteiger partial charge in [-0.2, -0.15) is 5.10 Å². The summed E-state index contributed by atoms with van der Waals surface area (Å²) >= 11 is 0. The lowest BCUT2D eigenvalue weighted by molar-refractivity contribution is 0.100. The molecule has 0 amide bonds. The molecule has 0 radical (unpaired) electrons. The summed E-state index contributed by atoms with van der Waals surface area (Å²) < 4.78 is 21.5. The number of aryl methyl sites for hydroxylation is 1. The second-order valence-electron chi connectivity index (χ2n) is 8.94. The van der Waals surface area contributed by atoms with Crippen molar-refractivity contribution in [2.45, 2.75) is 18.9 Å². The highest BCUT2D eigenvalue weighted by Crippen LogP contribution is 2.45. The maximum atomic E-state index is 13.5. The van der Waals surface area contributed by atoms with Crippen LogP contribution in [0, 0.1) is 5.82 Å². The minimum atomic E-state index is -0.658. The van der Waals surface area contributed by atoms with E-state index in [9.17, 15) is 4.39 Å². The Labute approximate surface area is 202 Å². The van der Waals surface area contributed by atoms with Crippen molar-refractivity contribution in [1.82, 2.24) is 24.7 Å². The molecule has 2 N–H and O–H groups in total. The van der Waals surface area contributed by atoms with Crippen molar-refractivity contribution in [2.75, 3.05) is 24.7 Å². The second kappa shape index (κ2) is 8.39. The number of nitrogens with zero attached hydrogens (tertiary/aromatic N) is 4. The highest BCUT2D eigenvalue weighted by Gasteiger charge is 2.48. The summed E-state index contributed by atoms with van der Waals surface area (Å²) in [6, 6.07) is 14.8. The number of imidazole rings is 1. The fourth-order valence-electron chi connectivity index (χ4n) is 5.29. The zero-order valence-electron chi connectivity index (χ0n) is 19.8. The van der Waals surface area contributed by atoms with Crippen molar-refractivity contribution in [3.8, 4) is 11.3 Å². The molecule has 3 aromatic heterocycles. The third-order valence-corrected chi connectivity index (χ3v) is 6.93. The first-order valence-electron chi connectivity index (χ1n) is 11.9. The number of hydrogen-bond donors (Lipinski definition) is 2. The van der Waals surface area contributed by atoms with Crippen LogP contribution in [0.3, 0.4) is 0 Å². The molecule has 35 heavy (non-hydrogen) atoms. The number of H-pyrrole nitrogens is 2. The molecule has 1 aliphatic rings. The van der Waals surface area contributed by atoms with Gasteiger partial charge in [0.2, 0.25) is 5.95 Å². The summed E-state index contributed by atoms with van der Waals surface area (Å²) in [7, 11) is 1.93. The molecule has 0 bridgehead atoms. The summed E-state index contributed by atoms with van der Waals surface area (Å²) in [5, 5.41) is 5.75. The standard InChI is InChI=1S/C27H27FN6O/c1-3-35-17-27(19-14-30-33(2)16-19)25-22(21-6-4-5-7-23(21)31-25)12-13-34(27)26-29-15-24(32-26)18-8-10-20(28)11-9-18/h4-11,14-16,31H,3,12-13,17H2,1-2H3,(H,29,32)/t27-/m1/s1. The van der Waals surface area contributed by atoms with E-state index in [0.29, 0.717) is 13.2 Å². The monoisotopic (exact) mass is 470 g/mol. The van der Waals surface area contributed by atoms with Crippen LogP contribution in [0.4, 0.5) is 10.3 Å². The van der Waals surface area contributed by atoms with Crippen LogP contribution in [-0.2, 0) is 23.7 Å². The van der Waals surface area contributed by atoms with Gasteiger partial charge in [0, 0.05) is 54.6 Å².